The molecule has 78 valence electrons. The number of hydrogen-bond donors (Lipinski definition) is 1. The maximum Gasteiger partial charge on any atom is 0.161 e. The first-order valence-corrected chi connectivity index (χ1v) is 5.33. The number of nitrogens with zero attached hydrogens (tertiary/aromatic N) is 1. The van der Waals surface area contributed by atoms with Crippen molar-refractivity contribution in [2.24, 2.45) is 11.1 Å². The molecule has 3 nitrogen and oxygen atoms in total. The number of benzene rings is 1. The van der Waals surface area contributed by atoms with Crippen LogP contribution in [0, 0.1) is 5.92 Å². The molecule has 3 atom stereocenters. The zero-order chi connectivity index (χ0) is 10.3. The van der Waals surface area contributed by atoms with Gasteiger partial charge in [-0.25, -0.2) is 0 Å². The van der Waals surface area contributed by atoms with Crippen molar-refractivity contribution in [1.29, 1.82) is 0 Å². The summed E-state index contributed by atoms with van der Waals surface area (Å²) in [6.45, 7) is 0. The Balaban J connectivity index is 1.90. The molecule has 0 spiro atoms. The lowest BCUT2D eigenvalue weighted by atomic mass is 9.94. The maximum atomic E-state index is 9.67. The van der Waals surface area contributed by atoms with Crippen molar-refractivity contribution in [2.75, 3.05) is 0 Å². The predicted octanol–water partition coefficient (Wildman–Crippen LogP) is 1.56. The minimum atomic E-state index is -0.347. The Morgan fingerprint density at radius 2 is 2.00 bits per heavy atom. The minimum Gasteiger partial charge on any atom is -0.389 e. The highest BCUT2D eigenvalue weighted by Crippen LogP contribution is 2.36. The molecule has 0 unspecified atom stereocenters. The first-order valence-electron chi connectivity index (χ1n) is 5.33. The van der Waals surface area contributed by atoms with E-state index in [2.05, 4.69) is 5.16 Å². The highest BCUT2D eigenvalue weighted by Gasteiger charge is 2.44. The van der Waals surface area contributed by atoms with E-state index in [0.29, 0.717) is 0 Å². The smallest absolute Gasteiger partial charge is 0.161 e. The van der Waals surface area contributed by atoms with Gasteiger partial charge in [-0.2, -0.15) is 0 Å². The average Bonchev–Trinajstić information content (AvgIpc) is 2.83. The van der Waals surface area contributed by atoms with Crippen LogP contribution in [0.2, 0.25) is 0 Å². The van der Waals surface area contributed by atoms with Crippen LogP contribution in [0.4, 0.5) is 0 Å². The summed E-state index contributed by atoms with van der Waals surface area (Å²) < 4.78 is 0. The van der Waals surface area contributed by atoms with E-state index in [9.17, 15) is 5.11 Å². The van der Waals surface area contributed by atoms with Crippen molar-refractivity contribution in [3.8, 4) is 0 Å². The Morgan fingerprint density at radius 1 is 1.20 bits per heavy atom. The van der Waals surface area contributed by atoms with Gasteiger partial charge in [0.1, 0.15) is 0 Å². The van der Waals surface area contributed by atoms with E-state index in [0.717, 1.165) is 24.1 Å². The molecule has 1 aromatic carbocycles. The van der Waals surface area contributed by atoms with E-state index < -0.39 is 0 Å². The standard InChI is InChI=1S/C12H13NO2/c14-10-7-6-9-11(13-15-12(9)10)8-4-2-1-3-5-8/h1-5,9-10,12,14H,6-7H2/t9-,10+,12+/m1/s1. The highest BCUT2D eigenvalue weighted by atomic mass is 16.7. The molecule has 15 heavy (non-hydrogen) atoms. The van der Waals surface area contributed by atoms with Gasteiger partial charge in [0.15, 0.2) is 6.10 Å². The molecule has 1 heterocycles. The Morgan fingerprint density at radius 3 is 2.80 bits per heavy atom. The molecule has 1 N–H and O–H groups in total. The van der Waals surface area contributed by atoms with Gasteiger partial charge in [-0.1, -0.05) is 35.5 Å². The first kappa shape index (κ1) is 8.92. The second-order valence-electron chi connectivity index (χ2n) is 4.16. The zero-order valence-corrected chi connectivity index (χ0v) is 8.34. The molecule has 1 aliphatic carbocycles. The van der Waals surface area contributed by atoms with Crippen molar-refractivity contribution in [1.82, 2.24) is 0 Å². The Bertz CT molecular complexity index is 388. The quantitative estimate of drug-likeness (QED) is 0.752. The normalized spacial score (nSPS) is 33.4. The lowest BCUT2D eigenvalue weighted by molar-refractivity contribution is -0.0102. The van der Waals surface area contributed by atoms with Gasteiger partial charge in [-0.3, -0.25) is 0 Å². The first-order chi connectivity index (χ1) is 7.36. The number of hydrogen-bond acceptors (Lipinski definition) is 3. The monoisotopic (exact) mass is 203 g/mol. The van der Waals surface area contributed by atoms with E-state index in [4.69, 9.17) is 4.84 Å². The molecule has 1 aromatic rings. The van der Waals surface area contributed by atoms with Crippen molar-refractivity contribution in [3.63, 3.8) is 0 Å². The molecule has 3 heteroatoms. The third kappa shape index (κ3) is 1.35. The van der Waals surface area contributed by atoms with Crippen molar-refractivity contribution >= 4 is 5.71 Å². The van der Waals surface area contributed by atoms with Gasteiger partial charge in [0, 0.05) is 5.92 Å². The third-order valence-electron chi connectivity index (χ3n) is 3.24. The lowest BCUT2D eigenvalue weighted by Crippen LogP contribution is -2.26. The largest absolute Gasteiger partial charge is 0.389 e. The van der Waals surface area contributed by atoms with E-state index in [1.54, 1.807) is 0 Å². The van der Waals surface area contributed by atoms with Crippen LogP contribution in [0.1, 0.15) is 18.4 Å². The number of aliphatic hydroxyl groups is 1. The molecule has 0 radical (unpaired) electrons. The van der Waals surface area contributed by atoms with Crippen molar-refractivity contribution in [3.05, 3.63) is 35.9 Å². The molecule has 1 aliphatic heterocycles. The highest BCUT2D eigenvalue weighted by molar-refractivity contribution is 6.03. The molecule has 1 saturated carbocycles. The van der Waals surface area contributed by atoms with Gasteiger partial charge in [-0.05, 0) is 18.4 Å². The van der Waals surface area contributed by atoms with E-state index >= 15 is 0 Å². The number of fused-ring (bicyclic) bond motifs is 1. The molecule has 0 saturated heterocycles. The van der Waals surface area contributed by atoms with Crippen molar-refractivity contribution < 1.29 is 9.94 Å². The fourth-order valence-electron chi connectivity index (χ4n) is 2.44. The van der Waals surface area contributed by atoms with Gasteiger partial charge >= 0.3 is 0 Å². The van der Waals surface area contributed by atoms with E-state index in [1.807, 2.05) is 30.3 Å². The van der Waals surface area contributed by atoms with Gasteiger partial charge in [0.05, 0.1) is 11.8 Å². The maximum absolute atomic E-state index is 9.67. The number of oxime groups is 1. The van der Waals surface area contributed by atoms with Crippen molar-refractivity contribution in [2.45, 2.75) is 25.0 Å². The Labute approximate surface area is 88.4 Å². The van der Waals surface area contributed by atoms with Crippen LogP contribution in [0.15, 0.2) is 35.5 Å². The van der Waals surface area contributed by atoms with E-state index in [1.165, 1.54) is 0 Å². The molecule has 1 fully saturated rings. The lowest BCUT2D eigenvalue weighted by Gasteiger charge is -2.11. The molecule has 0 bridgehead atoms. The summed E-state index contributed by atoms with van der Waals surface area (Å²) in [5, 5.41) is 13.8. The van der Waals surface area contributed by atoms with E-state index in [-0.39, 0.29) is 18.1 Å². The molecular weight excluding hydrogens is 190 g/mol. The van der Waals surface area contributed by atoms with Gasteiger partial charge in [-0.15, -0.1) is 0 Å². The third-order valence-corrected chi connectivity index (χ3v) is 3.24. The van der Waals surface area contributed by atoms with Gasteiger partial charge < -0.3 is 9.94 Å². The summed E-state index contributed by atoms with van der Waals surface area (Å²) >= 11 is 0. The molecule has 3 rings (SSSR count). The van der Waals surface area contributed by atoms with Crippen LogP contribution < -0.4 is 0 Å². The van der Waals surface area contributed by atoms with Crippen LogP contribution in [0.3, 0.4) is 0 Å². The van der Waals surface area contributed by atoms with Crippen LogP contribution in [0.5, 0.6) is 0 Å². The summed E-state index contributed by atoms with van der Waals surface area (Å²) in [7, 11) is 0. The zero-order valence-electron chi connectivity index (χ0n) is 8.34. The van der Waals surface area contributed by atoms with Crippen LogP contribution in [-0.4, -0.2) is 23.0 Å². The summed E-state index contributed by atoms with van der Waals surface area (Å²) in [5.74, 6) is 0.280. The van der Waals surface area contributed by atoms with Crippen LogP contribution in [-0.2, 0) is 4.84 Å². The second-order valence-corrected chi connectivity index (χ2v) is 4.16. The fraction of sp³-hybridized carbons (Fsp3) is 0.417. The van der Waals surface area contributed by atoms with Crippen LogP contribution in [0.25, 0.3) is 0 Å². The SMILES string of the molecule is O[C@H]1CC[C@@H]2C(c3ccccc3)=NO[C@@H]21. The summed E-state index contributed by atoms with van der Waals surface area (Å²) in [6, 6.07) is 10.1. The van der Waals surface area contributed by atoms with Gasteiger partial charge in [0.2, 0.25) is 0 Å². The number of aliphatic hydroxyl groups excluding tert-OH is 1. The molecule has 0 amide bonds. The fourth-order valence-corrected chi connectivity index (χ4v) is 2.44. The Kier molecular flexibility index (Phi) is 1.99. The minimum absolute atomic E-state index is 0.111. The van der Waals surface area contributed by atoms with Gasteiger partial charge in [0.25, 0.3) is 0 Å². The molecule has 2 aliphatic rings. The molecular formula is C12H13NO2. The summed E-state index contributed by atoms with van der Waals surface area (Å²) in [4.78, 5) is 5.29. The number of rotatable bonds is 1. The summed E-state index contributed by atoms with van der Waals surface area (Å²) in [5.41, 5.74) is 2.11. The van der Waals surface area contributed by atoms with Crippen LogP contribution >= 0.6 is 0 Å². The predicted molar refractivity (Wildman–Crippen MR) is 56.6 cm³/mol. The molecule has 0 aromatic heterocycles. The second kappa shape index (κ2) is 3.35. The summed E-state index contributed by atoms with van der Waals surface area (Å²) in [6.07, 6.45) is 1.33. The Hall–Kier alpha value is -1.35. The topological polar surface area (TPSA) is 41.8 Å². The average molecular weight is 203 g/mol.